The van der Waals surface area contributed by atoms with E-state index in [1.54, 1.807) is 0 Å². The molecule has 0 aliphatic heterocycles. The molecule has 2 rings (SSSR count). The van der Waals surface area contributed by atoms with Crippen molar-refractivity contribution >= 4 is 92.2 Å². The fraction of sp³-hybridized carbons (Fsp3) is 0. The molecule has 0 radical (unpaired) electrons. The SMILES string of the molecule is Oc1cc(Cl)c(Cl)c(Cl)c1.Oc1cc(Cl)c(Cl)c(Cl)c1I. The molecule has 0 fully saturated rings. The standard InChI is InChI=1S/C6H2Cl3IO.C6H3Cl3O/c7-2-1-3(11)6(10)5(9)4(2)8;7-4-1-3(10)2-5(8)6(4)9/h1,11H;1-2,10H. The predicted molar refractivity (Wildman–Crippen MR) is 99.0 cm³/mol. The molecule has 2 aromatic carbocycles. The first kappa shape index (κ1) is 19.6. The van der Waals surface area contributed by atoms with Crippen molar-refractivity contribution in [2.45, 2.75) is 0 Å². The monoisotopic (exact) mass is 518 g/mol. The van der Waals surface area contributed by atoms with E-state index < -0.39 is 0 Å². The van der Waals surface area contributed by atoms with Gasteiger partial charge in [0.05, 0.1) is 33.7 Å². The van der Waals surface area contributed by atoms with E-state index in [9.17, 15) is 5.11 Å². The minimum Gasteiger partial charge on any atom is -0.508 e. The normalized spacial score (nSPS) is 10.0. The van der Waals surface area contributed by atoms with Gasteiger partial charge >= 0.3 is 0 Å². The molecule has 0 bridgehead atoms. The number of benzene rings is 2. The maximum Gasteiger partial charge on any atom is 0.132 e. The van der Waals surface area contributed by atoms with E-state index in [1.165, 1.54) is 18.2 Å². The van der Waals surface area contributed by atoms with Gasteiger partial charge in [-0.05, 0) is 22.6 Å². The van der Waals surface area contributed by atoms with Crippen LogP contribution in [0.3, 0.4) is 0 Å². The van der Waals surface area contributed by atoms with Crippen LogP contribution in [-0.2, 0) is 0 Å². The second-order valence-corrected chi connectivity index (χ2v) is 6.98. The molecule has 0 saturated carbocycles. The number of phenols is 2. The van der Waals surface area contributed by atoms with Crippen molar-refractivity contribution in [2.24, 2.45) is 0 Å². The van der Waals surface area contributed by atoms with Crippen LogP contribution in [0.1, 0.15) is 0 Å². The third-order valence-corrected chi connectivity index (χ3v) is 5.92. The summed E-state index contributed by atoms with van der Waals surface area (Å²) in [6.45, 7) is 0. The topological polar surface area (TPSA) is 40.5 Å². The Morgan fingerprint density at radius 3 is 1.57 bits per heavy atom. The van der Waals surface area contributed by atoms with Crippen molar-refractivity contribution in [3.05, 3.63) is 51.9 Å². The van der Waals surface area contributed by atoms with Gasteiger partial charge in [0, 0.05) is 18.2 Å². The summed E-state index contributed by atoms with van der Waals surface area (Å²) in [7, 11) is 0. The minimum atomic E-state index is 0.0133. The average molecular weight is 521 g/mol. The predicted octanol–water partition coefficient (Wildman–Crippen LogP) is 7.31. The van der Waals surface area contributed by atoms with Gasteiger partial charge in [-0.2, -0.15) is 0 Å². The molecular formula is C12H5Cl6IO2. The average Bonchev–Trinajstić information content (AvgIpc) is 2.41. The van der Waals surface area contributed by atoms with Gasteiger partial charge < -0.3 is 10.2 Å². The number of halogens is 7. The second kappa shape index (κ2) is 8.39. The highest BCUT2D eigenvalue weighted by Crippen LogP contribution is 2.38. The molecule has 2 N–H and O–H groups in total. The molecule has 21 heavy (non-hydrogen) atoms. The molecule has 0 atom stereocenters. The smallest absolute Gasteiger partial charge is 0.132 e. The Morgan fingerprint density at radius 1 is 0.667 bits per heavy atom. The highest BCUT2D eigenvalue weighted by Gasteiger charge is 2.11. The summed E-state index contributed by atoms with van der Waals surface area (Å²) in [5.74, 6) is 0.0596. The Kier molecular flexibility index (Phi) is 7.81. The molecular weight excluding hydrogens is 516 g/mol. The van der Waals surface area contributed by atoms with Crippen molar-refractivity contribution in [3.8, 4) is 11.5 Å². The van der Waals surface area contributed by atoms with Gasteiger partial charge in [0.2, 0.25) is 0 Å². The lowest BCUT2D eigenvalue weighted by molar-refractivity contribution is 0.471. The first-order valence-electron chi connectivity index (χ1n) is 5.00. The van der Waals surface area contributed by atoms with Crippen molar-refractivity contribution in [1.29, 1.82) is 0 Å². The van der Waals surface area contributed by atoms with Gasteiger partial charge in [0.15, 0.2) is 0 Å². The van der Waals surface area contributed by atoms with Crippen molar-refractivity contribution < 1.29 is 10.2 Å². The van der Waals surface area contributed by atoms with Gasteiger partial charge in [0.25, 0.3) is 0 Å². The Hall–Kier alpha value is 0.510. The molecule has 0 unspecified atom stereocenters. The summed E-state index contributed by atoms with van der Waals surface area (Å²) in [5.41, 5.74) is 0. The van der Waals surface area contributed by atoms with Crippen LogP contribution in [0.4, 0.5) is 0 Å². The zero-order chi connectivity index (χ0) is 16.3. The van der Waals surface area contributed by atoms with Crippen LogP contribution in [0.15, 0.2) is 18.2 Å². The summed E-state index contributed by atoms with van der Waals surface area (Å²) >= 11 is 35.5. The van der Waals surface area contributed by atoms with E-state index in [-0.39, 0.29) is 41.6 Å². The molecule has 2 nitrogen and oxygen atoms in total. The van der Waals surface area contributed by atoms with Crippen molar-refractivity contribution in [3.63, 3.8) is 0 Å². The largest absolute Gasteiger partial charge is 0.508 e. The Labute approximate surface area is 164 Å². The Bertz CT molecular complexity index is 628. The van der Waals surface area contributed by atoms with Crippen LogP contribution >= 0.6 is 92.2 Å². The molecule has 0 aliphatic carbocycles. The van der Waals surface area contributed by atoms with E-state index in [0.29, 0.717) is 3.57 Å². The Balaban J connectivity index is 0.000000211. The lowest BCUT2D eigenvalue weighted by Crippen LogP contribution is -1.79. The number of aromatic hydroxyl groups is 2. The molecule has 0 spiro atoms. The first-order valence-corrected chi connectivity index (χ1v) is 8.35. The lowest BCUT2D eigenvalue weighted by atomic mass is 10.3. The molecule has 9 heteroatoms. The summed E-state index contributed by atoms with van der Waals surface area (Å²) in [4.78, 5) is 0. The molecule has 2 aromatic rings. The van der Waals surface area contributed by atoms with E-state index in [0.717, 1.165) is 0 Å². The van der Waals surface area contributed by atoms with E-state index in [1.807, 2.05) is 22.6 Å². The third-order valence-electron chi connectivity index (χ3n) is 2.05. The summed E-state index contributed by atoms with van der Waals surface area (Å²) in [6.07, 6.45) is 0. The fourth-order valence-corrected chi connectivity index (χ4v) is 2.87. The second-order valence-electron chi connectivity index (χ2n) is 3.54. The lowest BCUT2D eigenvalue weighted by Gasteiger charge is -2.03. The third kappa shape index (κ3) is 5.27. The fourth-order valence-electron chi connectivity index (χ4n) is 1.10. The number of hydrogen-bond donors (Lipinski definition) is 2. The number of phenolic OH excluding ortho intramolecular Hbond substituents is 2. The van der Waals surface area contributed by atoms with Crippen LogP contribution in [0.25, 0.3) is 0 Å². The molecule has 0 heterocycles. The highest BCUT2D eigenvalue weighted by atomic mass is 127. The van der Waals surface area contributed by atoms with Gasteiger partial charge in [-0.3, -0.25) is 0 Å². The highest BCUT2D eigenvalue weighted by molar-refractivity contribution is 14.1. The van der Waals surface area contributed by atoms with Gasteiger partial charge in [-0.25, -0.2) is 0 Å². The van der Waals surface area contributed by atoms with Crippen LogP contribution in [0.2, 0.25) is 30.1 Å². The minimum absolute atomic E-state index is 0.0133. The molecule has 0 aliphatic rings. The van der Waals surface area contributed by atoms with E-state index in [2.05, 4.69) is 0 Å². The summed E-state index contributed by atoms with van der Waals surface area (Å²) in [6, 6.07) is 4.02. The zero-order valence-corrected chi connectivity index (χ0v) is 16.5. The number of rotatable bonds is 0. The Morgan fingerprint density at radius 2 is 1.10 bits per heavy atom. The van der Waals surface area contributed by atoms with E-state index >= 15 is 0 Å². The quantitative estimate of drug-likeness (QED) is 0.217. The zero-order valence-electron chi connectivity index (χ0n) is 9.77. The van der Waals surface area contributed by atoms with Gasteiger partial charge in [0.1, 0.15) is 11.5 Å². The summed E-state index contributed by atoms with van der Waals surface area (Å²) < 4.78 is 0.513. The molecule has 0 saturated heterocycles. The maximum atomic E-state index is 9.17. The van der Waals surface area contributed by atoms with Crippen molar-refractivity contribution in [2.75, 3.05) is 0 Å². The number of hydrogen-bond acceptors (Lipinski definition) is 2. The van der Waals surface area contributed by atoms with Gasteiger partial charge in [-0.1, -0.05) is 69.6 Å². The van der Waals surface area contributed by atoms with E-state index in [4.69, 9.17) is 74.7 Å². The van der Waals surface area contributed by atoms with Crippen LogP contribution in [-0.4, -0.2) is 10.2 Å². The maximum absolute atomic E-state index is 9.17. The van der Waals surface area contributed by atoms with Crippen LogP contribution in [0.5, 0.6) is 11.5 Å². The van der Waals surface area contributed by atoms with Crippen molar-refractivity contribution in [1.82, 2.24) is 0 Å². The molecule has 114 valence electrons. The van der Waals surface area contributed by atoms with Crippen LogP contribution < -0.4 is 0 Å². The molecule has 0 amide bonds. The summed E-state index contributed by atoms with van der Waals surface area (Å²) in [5, 5.41) is 19.7. The first-order chi connectivity index (χ1) is 9.65. The van der Waals surface area contributed by atoms with Crippen LogP contribution in [0, 0.1) is 3.57 Å². The molecule has 0 aromatic heterocycles. The van der Waals surface area contributed by atoms with Gasteiger partial charge in [-0.15, -0.1) is 0 Å².